The van der Waals surface area contributed by atoms with Gasteiger partial charge in [-0.1, -0.05) is 32.0 Å². The molecule has 16 heavy (non-hydrogen) atoms. The maximum absolute atomic E-state index is 10.9. The van der Waals surface area contributed by atoms with Crippen molar-refractivity contribution in [2.24, 2.45) is 0 Å². The number of carboxylic acids is 1. The molecule has 0 aliphatic rings. The maximum atomic E-state index is 10.9. The molecule has 1 N–H and O–H groups in total. The molecule has 2 rings (SSSR count). The lowest BCUT2D eigenvalue weighted by Crippen LogP contribution is -2.21. The van der Waals surface area contributed by atoms with Crippen LogP contribution in [0.25, 0.3) is 10.1 Å². The van der Waals surface area contributed by atoms with Crippen LogP contribution in [0.15, 0.2) is 29.6 Å². The van der Waals surface area contributed by atoms with Crippen LogP contribution in [-0.2, 0) is 10.2 Å². The van der Waals surface area contributed by atoms with Gasteiger partial charge in [-0.05, 0) is 22.4 Å². The van der Waals surface area contributed by atoms with Gasteiger partial charge in [0.2, 0.25) is 0 Å². The van der Waals surface area contributed by atoms with E-state index in [9.17, 15) is 4.79 Å². The molecule has 0 unspecified atom stereocenters. The van der Waals surface area contributed by atoms with Crippen molar-refractivity contribution in [3.8, 4) is 0 Å². The predicted molar refractivity (Wildman–Crippen MR) is 67.1 cm³/mol. The summed E-state index contributed by atoms with van der Waals surface area (Å²) in [5.74, 6) is -0.751. The first kappa shape index (κ1) is 11.1. The summed E-state index contributed by atoms with van der Waals surface area (Å²) in [6, 6.07) is 8.16. The quantitative estimate of drug-likeness (QED) is 0.880. The van der Waals surface area contributed by atoms with E-state index in [4.69, 9.17) is 5.11 Å². The Kier molecular flexibility index (Phi) is 2.72. The molecule has 3 heteroatoms. The Morgan fingerprint density at radius 2 is 2.12 bits per heavy atom. The number of hydrogen-bond donors (Lipinski definition) is 1. The fourth-order valence-corrected chi connectivity index (χ4v) is 3.09. The summed E-state index contributed by atoms with van der Waals surface area (Å²) < 4.78 is 1.20. The van der Waals surface area contributed by atoms with E-state index in [0.29, 0.717) is 0 Å². The summed E-state index contributed by atoms with van der Waals surface area (Å²) in [6.07, 6.45) is 0.157. The maximum Gasteiger partial charge on any atom is 0.304 e. The van der Waals surface area contributed by atoms with Crippen LogP contribution in [0.3, 0.4) is 0 Å². The van der Waals surface area contributed by atoms with Crippen molar-refractivity contribution < 1.29 is 9.90 Å². The fourth-order valence-electron chi connectivity index (χ4n) is 2.00. The zero-order valence-corrected chi connectivity index (χ0v) is 10.2. The third-order valence-corrected chi connectivity index (χ3v) is 3.76. The van der Waals surface area contributed by atoms with E-state index >= 15 is 0 Å². The van der Waals surface area contributed by atoms with E-state index in [2.05, 4.69) is 12.1 Å². The van der Waals surface area contributed by atoms with Gasteiger partial charge in [0.05, 0.1) is 6.42 Å². The van der Waals surface area contributed by atoms with Gasteiger partial charge >= 0.3 is 5.97 Å². The van der Waals surface area contributed by atoms with Crippen LogP contribution in [0.5, 0.6) is 0 Å². The summed E-state index contributed by atoms with van der Waals surface area (Å²) >= 11 is 1.67. The van der Waals surface area contributed by atoms with Crippen molar-refractivity contribution in [2.45, 2.75) is 25.7 Å². The van der Waals surface area contributed by atoms with E-state index < -0.39 is 5.97 Å². The number of benzene rings is 1. The van der Waals surface area contributed by atoms with Gasteiger partial charge in [0.15, 0.2) is 0 Å². The lowest BCUT2D eigenvalue weighted by atomic mass is 9.81. The second kappa shape index (κ2) is 3.91. The minimum atomic E-state index is -0.751. The molecule has 0 saturated heterocycles. The molecule has 0 aliphatic heterocycles. The molecule has 0 atom stereocenters. The average Bonchev–Trinajstić information content (AvgIpc) is 2.62. The summed E-state index contributed by atoms with van der Waals surface area (Å²) in [4.78, 5) is 10.9. The summed E-state index contributed by atoms with van der Waals surface area (Å²) in [5, 5.41) is 12.2. The molecule has 2 aromatic rings. The third kappa shape index (κ3) is 1.95. The van der Waals surface area contributed by atoms with Gasteiger partial charge in [-0.2, -0.15) is 0 Å². The van der Waals surface area contributed by atoms with E-state index in [1.54, 1.807) is 11.3 Å². The molecule has 0 aliphatic carbocycles. The molecule has 1 aromatic carbocycles. The largest absolute Gasteiger partial charge is 0.481 e. The smallest absolute Gasteiger partial charge is 0.304 e. The minimum absolute atomic E-state index is 0.157. The minimum Gasteiger partial charge on any atom is -0.481 e. The number of carboxylic acid groups (broad SMARTS) is 1. The van der Waals surface area contributed by atoms with Crippen LogP contribution in [-0.4, -0.2) is 11.1 Å². The molecule has 0 amide bonds. The first-order valence-corrected chi connectivity index (χ1v) is 6.07. The lowest BCUT2D eigenvalue weighted by molar-refractivity contribution is -0.138. The predicted octanol–water partition coefficient (Wildman–Crippen LogP) is 3.65. The molecule has 1 heterocycles. The van der Waals surface area contributed by atoms with Crippen molar-refractivity contribution in [2.75, 3.05) is 0 Å². The number of fused-ring (bicyclic) bond motifs is 1. The Morgan fingerprint density at radius 1 is 1.38 bits per heavy atom. The van der Waals surface area contributed by atoms with Gasteiger partial charge < -0.3 is 5.11 Å². The highest BCUT2D eigenvalue weighted by Crippen LogP contribution is 2.35. The highest BCUT2D eigenvalue weighted by Gasteiger charge is 2.26. The van der Waals surface area contributed by atoms with Crippen molar-refractivity contribution in [3.63, 3.8) is 0 Å². The Balaban J connectivity index is 2.53. The molecule has 1 aromatic heterocycles. The summed E-state index contributed by atoms with van der Waals surface area (Å²) in [6.45, 7) is 3.96. The third-order valence-electron chi connectivity index (χ3n) is 2.80. The Labute approximate surface area is 98.5 Å². The number of carbonyl (C=O) groups is 1. The van der Waals surface area contributed by atoms with Gasteiger partial charge in [-0.15, -0.1) is 11.3 Å². The van der Waals surface area contributed by atoms with Gasteiger partial charge in [0.1, 0.15) is 0 Å². The van der Waals surface area contributed by atoms with Crippen LogP contribution in [0.2, 0.25) is 0 Å². The first-order chi connectivity index (χ1) is 7.50. The van der Waals surface area contributed by atoms with Crippen molar-refractivity contribution in [1.29, 1.82) is 0 Å². The molecular weight excluding hydrogens is 220 g/mol. The number of rotatable bonds is 3. The van der Waals surface area contributed by atoms with Crippen LogP contribution >= 0.6 is 11.3 Å². The van der Waals surface area contributed by atoms with E-state index in [0.717, 1.165) is 5.56 Å². The lowest BCUT2D eigenvalue weighted by Gasteiger charge is -2.23. The van der Waals surface area contributed by atoms with Crippen LogP contribution in [0, 0.1) is 0 Å². The van der Waals surface area contributed by atoms with Gasteiger partial charge in [-0.25, -0.2) is 0 Å². The SMILES string of the molecule is CC(C)(CC(=O)O)c1cccc2ccsc12. The van der Waals surface area contributed by atoms with Crippen LogP contribution in [0.4, 0.5) is 0 Å². The zero-order valence-electron chi connectivity index (χ0n) is 9.36. The number of thiophene rings is 1. The Morgan fingerprint density at radius 3 is 2.81 bits per heavy atom. The molecule has 2 nitrogen and oxygen atoms in total. The van der Waals surface area contributed by atoms with Gasteiger partial charge in [-0.3, -0.25) is 4.79 Å². The van der Waals surface area contributed by atoms with Crippen LogP contribution < -0.4 is 0 Å². The molecular formula is C13H14O2S. The van der Waals surface area contributed by atoms with Crippen molar-refractivity contribution >= 4 is 27.4 Å². The average molecular weight is 234 g/mol. The highest BCUT2D eigenvalue weighted by atomic mass is 32.1. The molecule has 0 spiro atoms. The molecule has 0 saturated carbocycles. The van der Waals surface area contributed by atoms with Gasteiger partial charge in [0.25, 0.3) is 0 Å². The zero-order chi connectivity index (χ0) is 11.8. The Bertz CT molecular complexity index is 525. The summed E-state index contributed by atoms with van der Waals surface area (Å²) in [5.41, 5.74) is 0.804. The van der Waals surface area contributed by atoms with Crippen molar-refractivity contribution in [1.82, 2.24) is 0 Å². The number of aliphatic carboxylic acids is 1. The van der Waals surface area contributed by atoms with Gasteiger partial charge in [0, 0.05) is 10.1 Å². The second-order valence-electron chi connectivity index (χ2n) is 4.60. The van der Waals surface area contributed by atoms with Crippen molar-refractivity contribution in [3.05, 3.63) is 35.2 Å². The summed E-state index contributed by atoms with van der Waals surface area (Å²) in [7, 11) is 0. The topological polar surface area (TPSA) is 37.3 Å². The standard InChI is InChI=1S/C13H14O2S/c1-13(2,8-11(14)15)10-5-3-4-9-6-7-16-12(9)10/h3-7H,8H2,1-2H3,(H,14,15). The molecule has 0 radical (unpaired) electrons. The first-order valence-electron chi connectivity index (χ1n) is 5.19. The van der Waals surface area contributed by atoms with E-state index in [1.807, 2.05) is 31.4 Å². The molecule has 84 valence electrons. The van der Waals surface area contributed by atoms with E-state index in [1.165, 1.54) is 10.1 Å². The monoisotopic (exact) mass is 234 g/mol. The number of hydrogen-bond acceptors (Lipinski definition) is 2. The van der Waals surface area contributed by atoms with E-state index in [-0.39, 0.29) is 11.8 Å². The normalized spacial score (nSPS) is 11.9. The highest BCUT2D eigenvalue weighted by molar-refractivity contribution is 7.17. The molecule has 0 bridgehead atoms. The second-order valence-corrected chi connectivity index (χ2v) is 5.52. The fraction of sp³-hybridized carbons (Fsp3) is 0.308. The Hall–Kier alpha value is -1.35. The van der Waals surface area contributed by atoms with Crippen LogP contribution in [0.1, 0.15) is 25.8 Å². The molecule has 0 fully saturated rings.